The Kier molecular flexibility index (Phi) is 2.04. The van der Waals surface area contributed by atoms with Crippen molar-refractivity contribution in [2.45, 2.75) is 32.4 Å². The summed E-state index contributed by atoms with van der Waals surface area (Å²) in [6.45, 7) is 3.90. The molecule has 0 aromatic heterocycles. The molecule has 0 N–H and O–H groups in total. The predicted octanol–water partition coefficient (Wildman–Crippen LogP) is 1.55. The summed E-state index contributed by atoms with van der Waals surface area (Å²) in [5.74, 6) is 0. The van der Waals surface area contributed by atoms with E-state index >= 15 is 0 Å². The van der Waals surface area contributed by atoms with Crippen LogP contribution in [-0.4, -0.2) is 17.6 Å². The minimum atomic E-state index is -0.446. The van der Waals surface area contributed by atoms with Crippen LogP contribution in [0.5, 0.6) is 0 Å². The summed E-state index contributed by atoms with van der Waals surface area (Å²) in [5.41, 5.74) is 0.473. The van der Waals surface area contributed by atoms with E-state index in [0.717, 1.165) is 12.1 Å². The van der Waals surface area contributed by atoms with Crippen molar-refractivity contribution in [2.24, 2.45) is 9.98 Å². The number of hydrogen-bond donors (Lipinski definition) is 0. The Bertz CT molecular complexity index is 247. The Morgan fingerprint density at radius 2 is 2.45 bits per heavy atom. The third-order valence-corrected chi connectivity index (χ3v) is 1.80. The van der Waals surface area contributed by atoms with Gasteiger partial charge in [-0.1, -0.05) is 6.92 Å². The van der Waals surface area contributed by atoms with Crippen molar-refractivity contribution in [2.75, 3.05) is 0 Å². The molecule has 0 spiro atoms. The Balaban J connectivity index is 2.82. The van der Waals surface area contributed by atoms with Gasteiger partial charge in [0.05, 0.1) is 18.2 Å². The third-order valence-electron chi connectivity index (χ3n) is 1.80. The molecule has 0 bridgehead atoms. The largest absolute Gasteiger partial charge is 0.260 e. The van der Waals surface area contributed by atoms with Crippen LogP contribution in [0.2, 0.25) is 0 Å². The second kappa shape index (κ2) is 2.83. The molecule has 0 saturated carbocycles. The number of hydrogen-bond acceptors (Lipinski definition) is 3. The highest BCUT2D eigenvalue weighted by atomic mass is 15.1. The first kappa shape index (κ1) is 7.93. The zero-order valence-corrected chi connectivity index (χ0v) is 6.83. The molecule has 1 aliphatic heterocycles. The SMILES string of the molecule is CCC1(CC#N)N=CC(C)=N1. The van der Waals surface area contributed by atoms with Gasteiger partial charge in [0.1, 0.15) is 0 Å². The maximum atomic E-state index is 8.52. The molecule has 11 heavy (non-hydrogen) atoms. The highest BCUT2D eigenvalue weighted by Gasteiger charge is 2.28. The van der Waals surface area contributed by atoms with Crippen molar-refractivity contribution >= 4 is 11.9 Å². The number of rotatable bonds is 2. The van der Waals surface area contributed by atoms with Crippen LogP contribution in [-0.2, 0) is 0 Å². The molecule has 0 aromatic rings. The maximum Gasteiger partial charge on any atom is 0.163 e. The fraction of sp³-hybridized carbons (Fsp3) is 0.625. The van der Waals surface area contributed by atoms with Gasteiger partial charge in [0.25, 0.3) is 0 Å². The van der Waals surface area contributed by atoms with Gasteiger partial charge in [-0.25, -0.2) is 0 Å². The minimum absolute atomic E-state index is 0.386. The van der Waals surface area contributed by atoms with Gasteiger partial charge < -0.3 is 0 Å². The summed E-state index contributed by atoms with van der Waals surface area (Å²) >= 11 is 0. The highest BCUT2D eigenvalue weighted by molar-refractivity contribution is 6.30. The van der Waals surface area contributed by atoms with Crippen LogP contribution in [0.1, 0.15) is 26.7 Å². The molecule has 0 radical (unpaired) electrons. The van der Waals surface area contributed by atoms with E-state index in [2.05, 4.69) is 16.1 Å². The number of aliphatic imine (C=N–C) groups is 2. The summed E-state index contributed by atoms with van der Waals surface area (Å²) in [7, 11) is 0. The molecular formula is C8H11N3. The van der Waals surface area contributed by atoms with Gasteiger partial charge in [0.15, 0.2) is 5.66 Å². The predicted molar refractivity (Wildman–Crippen MR) is 44.9 cm³/mol. The zero-order valence-electron chi connectivity index (χ0n) is 6.83. The molecule has 0 fully saturated rings. The molecule has 0 aromatic carbocycles. The molecule has 58 valence electrons. The molecule has 1 heterocycles. The lowest BCUT2D eigenvalue weighted by Gasteiger charge is -2.16. The summed E-state index contributed by atoms with van der Waals surface area (Å²) in [6, 6.07) is 2.10. The fourth-order valence-corrected chi connectivity index (χ4v) is 1.11. The van der Waals surface area contributed by atoms with E-state index in [1.54, 1.807) is 6.21 Å². The van der Waals surface area contributed by atoms with Crippen LogP contribution in [0.15, 0.2) is 9.98 Å². The second-order valence-corrected chi connectivity index (χ2v) is 2.68. The van der Waals surface area contributed by atoms with Crippen LogP contribution in [0, 0.1) is 11.3 Å². The summed E-state index contributed by atoms with van der Waals surface area (Å²) < 4.78 is 0. The first-order chi connectivity index (χ1) is 5.22. The molecule has 1 rings (SSSR count). The normalized spacial score (nSPS) is 28.3. The Morgan fingerprint density at radius 3 is 2.82 bits per heavy atom. The Labute approximate surface area is 66.5 Å². The Morgan fingerprint density at radius 1 is 1.73 bits per heavy atom. The quantitative estimate of drug-likeness (QED) is 0.587. The van der Waals surface area contributed by atoms with Gasteiger partial charge in [-0.15, -0.1) is 0 Å². The molecular weight excluding hydrogens is 138 g/mol. The van der Waals surface area contributed by atoms with Crippen LogP contribution < -0.4 is 0 Å². The van der Waals surface area contributed by atoms with E-state index in [4.69, 9.17) is 5.26 Å². The molecule has 1 unspecified atom stereocenters. The van der Waals surface area contributed by atoms with E-state index in [0.29, 0.717) is 6.42 Å². The molecule has 0 amide bonds. The molecule has 3 heteroatoms. The lowest BCUT2D eigenvalue weighted by Crippen LogP contribution is -2.19. The zero-order chi connectivity index (χ0) is 8.32. The summed E-state index contributed by atoms with van der Waals surface area (Å²) in [6.07, 6.45) is 2.92. The van der Waals surface area contributed by atoms with Gasteiger partial charge in [-0.2, -0.15) is 5.26 Å². The average molecular weight is 149 g/mol. The van der Waals surface area contributed by atoms with E-state index in [9.17, 15) is 0 Å². The van der Waals surface area contributed by atoms with Gasteiger partial charge in [-0.3, -0.25) is 9.98 Å². The van der Waals surface area contributed by atoms with Crippen LogP contribution in [0.4, 0.5) is 0 Å². The lowest BCUT2D eigenvalue weighted by atomic mass is 10.1. The average Bonchev–Trinajstić information content (AvgIpc) is 2.34. The molecule has 1 atom stereocenters. The topological polar surface area (TPSA) is 48.5 Å². The summed E-state index contributed by atoms with van der Waals surface area (Å²) in [4.78, 5) is 8.51. The van der Waals surface area contributed by atoms with Gasteiger partial charge in [0.2, 0.25) is 0 Å². The van der Waals surface area contributed by atoms with Gasteiger partial charge in [0, 0.05) is 6.21 Å². The molecule has 1 aliphatic rings. The number of nitrogens with zero attached hydrogens (tertiary/aromatic N) is 3. The van der Waals surface area contributed by atoms with E-state index in [-0.39, 0.29) is 0 Å². The number of nitriles is 1. The van der Waals surface area contributed by atoms with Gasteiger partial charge >= 0.3 is 0 Å². The van der Waals surface area contributed by atoms with Crippen molar-refractivity contribution < 1.29 is 0 Å². The molecule has 0 saturated heterocycles. The van der Waals surface area contributed by atoms with Crippen molar-refractivity contribution in [3.05, 3.63) is 0 Å². The fourth-order valence-electron chi connectivity index (χ4n) is 1.11. The van der Waals surface area contributed by atoms with Crippen LogP contribution in [0.3, 0.4) is 0 Å². The van der Waals surface area contributed by atoms with Crippen molar-refractivity contribution in [1.29, 1.82) is 5.26 Å². The molecule has 3 nitrogen and oxygen atoms in total. The van der Waals surface area contributed by atoms with Crippen LogP contribution in [0.25, 0.3) is 0 Å². The van der Waals surface area contributed by atoms with Crippen molar-refractivity contribution in [3.8, 4) is 6.07 Å². The first-order valence-corrected chi connectivity index (χ1v) is 3.71. The van der Waals surface area contributed by atoms with Gasteiger partial charge in [-0.05, 0) is 13.3 Å². The van der Waals surface area contributed by atoms with Crippen LogP contribution >= 0.6 is 0 Å². The van der Waals surface area contributed by atoms with Crippen molar-refractivity contribution in [3.63, 3.8) is 0 Å². The second-order valence-electron chi connectivity index (χ2n) is 2.68. The molecule has 0 aliphatic carbocycles. The lowest BCUT2D eigenvalue weighted by molar-refractivity contribution is 0.454. The summed E-state index contributed by atoms with van der Waals surface area (Å²) in [5, 5.41) is 8.52. The Hall–Kier alpha value is -1.17. The monoisotopic (exact) mass is 149 g/mol. The van der Waals surface area contributed by atoms with E-state index in [1.165, 1.54) is 0 Å². The smallest absolute Gasteiger partial charge is 0.163 e. The van der Waals surface area contributed by atoms with Crippen molar-refractivity contribution in [1.82, 2.24) is 0 Å². The third kappa shape index (κ3) is 1.45. The van der Waals surface area contributed by atoms with E-state index < -0.39 is 5.66 Å². The minimum Gasteiger partial charge on any atom is -0.260 e. The first-order valence-electron chi connectivity index (χ1n) is 3.71. The maximum absolute atomic E-state index is 8.52. The highest BCUT2D eigenvalue weighted by Crippen LogP contribution is 2.24. The van der Waals surface area contributed by atoms with E-state index in [1.807, 2.05) is 13.8 Å². The standard InChI is InChI=1S/C8H11N3/c1-3-8(4-5-9)10-6-7(2)11-8/h6H,3-4H2,1-2H3.